The minimum atomic E-state index is 0.159. The SMILES string of the molecule is CCN(CCCBr)C(=O)C1C(C)(C)C1(C)C. The maximum absolute atomic E-state index is 12.4. The predicted octanol–water partition coefficient (Wildman–Crippen LogP) is 3.30. The molecule has 2 nitrogen and oxygen atoms in total. The Morgan fingerprint density at radius 2 is 1.75 bits per heavy atom. The van der Waals surface area contributed by atoms with E-state index in [1.165, 1.54) is 0 Å². The van der Waals surface area contributed by atoms with Crippen LogP contribution >= 0.6 is 15.9 Å². The van der Waals surface area contributed by atoms with Gasteiger partial charge in [0.1, 0.15) is 0 Å². The number of halogens is 1. The van der Waals surface area contributed by atoms with Crippen molar-refractivity contribution in [1.82, 2.24) is 4.90 Å². The van der Waals surface area contributed by atoms with Crippen molar-refractivity contribution in [3.8, 4) is 0 Å². The monoisotopic (exact) mass is 289 g/mol. The Morgan fingerprint density at radius 3 is 2.06 bits per heavy atom. The zero-order chi connectivity index (χ0) is 12.6. The van der Waals surface area contributed by atoms with Gasteiger partial charge in [-0.15, -0.1) is 0 Å². The molecular formula is C13H24BrNO. The van der Waals surface area contributed by atoms with Crippen LogP contribution in [0, 0.1) is 16.7 Å². The number of hydrogen-bond donors (Lipinski definition) is 0. The number of amides is 1. The van der Waals surface area contributed by atoms with Crippen LogP contribution in [-0.4, -0.2) is 29.2 Å². The van der Waals surface area contributed by atoms with E-state index in [1.54, 1.807) is 0 Å². The van der Waals surface area contributed by atoms with Gasteiger partial charge in [-0.1, -0.05) is 43.6 Å². The molecule has 0 atom stereocenters. The average Bonchev–Trinajstić information content (AvgIpc) is 2.58. The fourth-order valence-electron chi connectivity index (χ4n) is 2.67. The van der Waals surface area contributed by atoms with Crippen molar-refractivity contribution in [2.75, 3.05) is 18.4 Å². The molecule has 3 heteroatoms. The lowest BCUT2D eigenvalue weighted by molar-refractivity contribution is -0.133. The van der Waals surface area contributed by atoms with Crippen LogP contribution in [0.1, 0.15) is 41.0 Å². The van der Waals surface area contributed by atoms with Crippen molar-refractivity contribution in [2.45, 2.75) is 41.0 Å². The molecule has 0 N–H and O–H groups in total. The summed E-state index contributed by atoms with van der Waals surface area (Å²) in [6.45, 7) is 12.6. The van der Waals surface area contributed by atoms with Gasteiger partial charge in [0.05, 0.1) is 0 Å². The molecule has 0 spiro atoms. The van der Waals surface area contributed by atoms with Crippen LogP contribution in [0.4, 0.5) is 0 Å². The molecule has 1 aliphatic carbocycles. The largest absolute Gasteiger partial charge is 0.343 e. The predicted molar refractivity (Wildman–Crippen MR) is 71.7 cm³/mol. The van der Waals surface area contributed by atoms with Crippen LogP contribution < -0.4 is 0 Å². The van der Waals surface area contributed by atoms with Gasteiger partial charge in [0.2, 0.25) is 5.91 Å². The third kappa shape index (κ3) is 2.15. The highest BCUT2D eigenvalue weighted by molar-refractivity contribution is 9.09. The Labute approximate surface area is 108 Å². The van der Waals surface area contributed by atoms with E-state index in [0.29, 0.717) is 5.91 Å². The molecule has 0 saturated heterocycles. The third-order valence-corrected chi connectivity index (χ3v) is 5.08. The molecule has 0 aromatic heterocycles. The van der Waals surface area contributed by atoms with Gasteiger partial charge >= 0.3 is 0 Å². The van der Waals surface area contributed by atoms with E-state index in [1.807, 2.05) is 4.90 Å². The molecule has 0 aliphatic heterocycles. The molecule has 1 amide bonds. The first-order chi connectivity index (χ1) is 7.30. The van der Waals surface area contributed by atoms with E-state index in [4.69, 9.17) is 0 Å². The minimum Gasteiger partial charge on any atom is -0.343 e. The second-order valence-electron chi connectivity index (χ2n) is 5.84. The van der Waals surface area contributed by atoms with Gasteiger partial charge in [-0.2, -0.15) is 0 Å². The van der Waals surface area contributed by atoms with Crippen molar-refractivity contribution in [2.24, 2.45) is 16.7 Å². The van der Waals surface area contributed by atoms with Gasteiger partial charge in [0.15, 0.2) is 0 Å². The maximum Gasteiger partial charge on any atom is 0.226 e. The summed E-state index contributed by atoms with van der Waals surface area (Å²) >= 11 is 3.42. The molecular weight excluding hydrogens is 266 g/mol. The first-order valence-electron chi connectivity index (χ1n) is 6.15. The quantitative estimate of drug-likeness (QED) is 0.711. The highest BCUT2D eigenvalue weighted by Crippen LogP contribution is 2.68. The summed E-state index contributed by atoms with van der Waals surface area (Å²) in [5.74, 6) is 0.550. The fourth-order valence-corrected chi connectivity index (χ4v) is 2.92. The van der Waals surface area contributed by atoms with Crippen LogP contribution in [0.5, 0.6) is 0 Å². The number of rotatable bonds is 5. The van der Waals surface area contributed by atoms with Crippen molar-refractivity contribution < 1.29 is 4.79 Å². The number of hydrogen-bond acceptors (Lipinski definition) is 1. The highest BCUT2D eigenvalue weighted by Gasteiger charge is 2.68. The summed E-state index contributed by atoms with van der Waals surface area (Å²) in [6.07, 6.45) is 1.03. The number of carbonyl (C=O) groups is 1. The standard InChI is InChI=1S/C13H24BrNO/c1-6-15(9-7-8-14)11(16)10-12(2,3)13(10,4)5/h10H,6-9H2,1-5H3. The second kappa shape index (κ2) is 4.67. The summed E-state index contributed by atoms with van der Waals surface area (Å²) in [5.41, 5.74) is 0.317. The smallest absolute Gasteiger partial charge is 0.226 e. The zero-order valence-electron chi connectivity index (χ0n) is 11.1. The zero-order valence-corrected chi connectivity index (χ0v) is 12.7. The molecule has 0 aromatic carbocycles. The third-order valence-electron chi connectivity index (χ3n) is 4.52. The van der Waals surface area contributed by atoms with Crippen molar-refractivity contribution >= 4 is 21.8 Å². The van der Waals surface area contributed by atoms with E-state index in [2.05, 4.69) is 50.5 Å². The fraction of sp³-hybridized carbons (Fsp3) is 0.923. The number of nitrogens with zero attached hydrogens (tertiary/aromatic N) is 1. The minimum absolute atomic E-state index is 0.159. The molecule has 1 aliphatic rings. The Morgan fingerprint density at radius 1 is 1.25 bits per heavy atom. The number of alkyl halides is 1. The topological polar surface area (TPSA) is 20.3 Å². The summed E-state index contributed by atoms with van der Waals surface area (Å²) in [5, 5.41) is 0.967. The lowest BCUT2D eigenvalue weighted by Gasteiger charge is -2.21. The molecule has 1 saturated carbocycles. The van der Waals surface area contributed by atoms with E-state index < -0.39 is 0 Å². The van der Waals surface area contributed by atoms with Gasteiger partial charge in [-0.3, -0.25) is 4.79 Å². The van der Waals surface area contributed by atoms with Crippen molar-refractivity contribution in [3.63, 3.8) is 0 Å². The first kappa shape index (κ1) is 14.0. The normalized spacial score (nSPS) is 21.9. The van der Waals surface area contributed by atoms with Crippen LogP contribution in [0.3, 0.4) is 0 Å². The summed E-state index contributed by atoms with van der Waals surface area (Å²) < 4.78 is 0. The molecule has 0 heterocycles. The lowest BCUT2D eigenvalue weighted by atomic mass is 10.0. The highest BCUT2D eigenvalue weighted by atomic mass is 79.9. The summed E-state index contributed by atoms with van der Waals surface area (Å²) in [6, 6.07) is 0. The van der Waals surface area contributed by atoms with E-state index in [-0.39, 0.29) is 16.7 Å². The Balaban J connectivity index is 2.64. The molecule has 94 valence electrons. The molecule has 0 radical (unpaired) electrons. The molecule has 1 rings (SSSR count). The molecule has 0 unspecified atom stereocenters. The molecule has 16 heavy (non-hydrogen) atoms. The van der Waals surface area contributed by atoms with E-state index in [0.717, 1.165) is 24.8 Å². The van der Waals surface area contributed by atoms with Gasteiger partial charge in [0, 0.05) is 24.3 Å². The molecule has 0 aromatic rings. The van der Waals surface area contributed by atoms with E-state index >= 15 is 0 Å². The van der Waals surface area contributed by atoms with Gasteiger partial charge < -0.3 is 4.90 Å². The van der Waals surface area contributed by atoms with Crippen LogP contribution in [0.15, 0.2) is 0 Å². The van der Waals surface area contributed by atoms with E-state index in [9.17, 15) is 4.79 Å². The summed E-state index contributed by atoms with van der Waals surface area (Å²) in [4.78, 5) is 14.4. The second-order valence-corrected chi connectivity index (χ2v) is 6.63. The first-order valence-corrected chi connectivity index (χ1v) is 7.27. The van der Waals surface area contributed by atoms with Gasteiger partial charge in [-0.05, 0) is 24.2 Å². The summed E-state index contributed by atoms with van der Waals surface area (Å²) in [7, 11) is 0. The average molecular weight is 290 g/mol. The molecule has 0 bridgehead atoms. The van der Waals surface area contributed by atoms with Gasteiger partial charge in [-0.25, -0.2) is 0 Å². The van der Waals surface area contributed by atoms with Crippen LogP contribution in [0.2, 0.25) is 0 Å². The Bertz CT molecular complexity index is 259. The maximum atomic E-state index is 12.4. The van der Waals surface area contributed by atoms with Crippen LogP contribution in [-0.2, 0) is 4.79 Å². The van der Waals surface area contributed by atoms with Crippen molar-refractivity contribution in [1.29, 1.82) is 0 Å². The Kier molecular flexibility index (Phi) is 4.09. The number of carbonyl (C=O) groups excluding carboxylic acids is 1. The van der Waals surface area contributed by atoms with Crippen LogP contribution in [0.25, 0.3) is 0 Å². The lowest BCUT2D eigenvalue weighted by Crippen LogP contribution is -2.34. The van der Waals surface area contributed by atoms with Gasteiger partial charge in [0.25, 0.3) is 0 Å². The Hall–Kier alpha value is -0.0500. The van der Waals surface area contributed by atoms with Crippen molar-refractivity contribution in [3.05, 3.63) is 0 Å². The molecule has 1 fully saturated rings.